The highest BCUT2D eigenvalue weighted by molar-refractivity contribution is 5.93. The summed E-state index contributed by atoms with van der Waals surface area (Å²) in [7, 11) is 0. The molecule has 3 rings (SSSR count). The quantitative estimate of drug-likeness (QED) is 0.725. The average Bonchev–Trinajstić information content (AvgIpc) is 3.19. The standard InChI is InChI=1S/C11H10N6O3/c1-6(10-13-16-17-14-10)12-11(18)7-5-9(20-15-7)8-3-2-4-19-8/h2-6H,1H3,(H,12,18)(H,13,14,16,17). The zero-order chi connectivity index (χ0) is 13.9. The molecule has 1 atom stereocenters. The van der Waals surface area contributed by atoms with Gasteiger partial charge < -0.3 is 14.3 Å². The van der Waals surface area contributed by atoms with Crippen molar-refractivity contribution in [3.63, 3.8) is 0 Å². The van der Waals surface area contributed by atoms with Crippen molar-refractivity contribution in [3.8, 4) is 11.5 Å². The van der Waals surface area contributed by atoms with Gasteiger partial charge >= 0.3 is 0 Å². The number of hydrogen-bond donors (Lipinski definition) is 2. The van der Waals surface area contributed by atoms with E-state index in [0.29, 0.717) is 17.3 Å². The first-order chi connectivity index (χ1) is 9.74. The van der Waals surface area contributed by atoms with E-state index in [4.69, 9.17) is 8.94 Å². The molecule has 0 fully saturated rings. The van der Waals surface area contributed by atoms with Crippen molar-refractivity contribution >= 4 is 5.91 Å². The number of nitrogens with zero attached hydrogens (tertiary/aromatic N) is 4. The van der Waals surface area contributed by atoms with Crippen molar-refractivity contribution in [2.75, 3.05) is 0 Å². The number of tetrazole rings is 1. The van der Waals surface area contributed by atoms with Gasteiger partial charge in [0, 0.05) is 6.07 Å². The predicted octanol–water partition coefficient (Wildman–Crippen LogP) is 0.939. The Kier molecular flexibility index (Phi) is 2.99. The molecule has 0 aliphatic carbocycles. The maximum absolute atomic E-state index is 12.0. The number of aromatic amines is 1. The molecule has 102 valence electrons. The van der Waals surface area contributed by atoms with Crippen molar-refractivity contribution in [2.45, 2.75) is 13.0 Å². The van der Waals surface area contributed by atoms with Crippen LogP contribution < -0.4 is 5.32 Å². The molecular weight excluding hydrogens is 264 g/mol. The molecule has 20 heavy (non-hydrogen) atoms. The van der Waals surface area contributed by atoms with Gasteiger partial charge in [-0.25, -0.2) is 0 Å². The fraction of sp³-hybridized carbons (Fsp3) is 0.182. The number of amides is 1. The number of furan rings is 1. The van der Waals surface area contributed by atoms with E-state index in [9.17, 15) is 4.79 Å². The highest BCUT2D eigenvalue weighted by Gasteiger charge is 2.19. The minimum absolute atomic E-state index is 0.145. The van der Waals surface area contributed by atoms with Crippen LogP contribution in [0.25, 0.3) is 11.5 Å². The summed E-state index contributed by atoms with van der Waals surface area (Å²) >= 11 is 0. The van der Waals surface area contributed by atoms with Crippen LogP contribution in [0.15, 0.2) is 33.4 Å². The van der Waals surface area contributed by atoms with Crippen molar-refractivity contribution in [2.24, 2.45) is 0 Å². The van der Waals surface area contributed by atoms with Gasteiger partial charge in [-0.3, -0.25) is 4.79 Å². The van der Waals surface area contributed by atoms with Crippen LogP contribution in [0, 0.1) is 0 Å². The SMILES string of the molecule is CC(NC(=O)c1cc(-c2ccco2)on1)c1nn[nH]n1. The summed E-state index contributed by atoms with van der Waals surface area (Å²) in [5.41, 5.74) is 0.145. The van der Waals surface area contributed by atoms with Crippen LogP contribution in [0.3, 0.4) is 0 Å². The molecule has 3 aromatic rings. The Morgan fingerprint density at radius 3 is 3.05 bits per heavy atom. The topological polar surface area (TPSA) is 123 Å². The third-order valence-electron chi connectivity index (χ3n) is 2.60. The Morgan fingerprint density at radius 1 is 1.45 bits per heavy atom. The summed E-state index contributed by atoms with van der Waals surface area (Å²) in [6, 6.07) is 4.53. The normalized spacial score (nSPS) is 12.2. The van der Waals surface area contributed by atoms with Crippen molar-refractivity contribution < 1.29 is 13.7 Å². The molecule has 9 nitrogen and oxygen atoms in total. The molecule has 3 aromatic heterocycles. The monoisotopic (exact) mass is 274 g/mol. The molecule has 1 amide bonds. The molecule has 2 N–H and O–H groups in total. The Labute approximate surface area is 112 Å². The number of nitrogens with one attached hydrogen (secondary N) is 2. The molecule has 0 radical (unpaired) electrons. The summed E-state index contributed by atoms with van der Waals surface area (Å²) in [6.45, 7) is 1.73. The number of rotatable bonds is 4. The summed E-state index contributed by atoms with van der Waals surface area (Å²) in [5, 5.41) is 19.7. The largest absolute Gasteiger partial charge is 0.461 e. The van der Waals surface area contributed by atoms with Gasteiger partial charge in [0.05, 0.1) is 12.3 Å². The molecule has 0 bridgehead atoms. The second-order valence-electron chi connectivity index (χ2n) is 4.02. The first-order valence-electron chi connectivity index (χ1n) is 5.79. The van der Waals surface area contributed by atoms with Crippen LogP contribution >= 0.6 is 0 Å². The maximum atomic E-state index is 12.0. The third-order valence-corrected chi connectivity index (χ3v) is 2.60. The summed E-state index contributed by atoms with van der Waals surface area (Å²) < 4.78 is 10.2. The number of aromatic nitrogens is 5. The van der Waals surface area contributed by atoms with E-state index in [0.717, 1.165) is 0 Å². The van der Waals surface area contributed by atoms with Gasteiger partial charge in [-0.05, 0) is 19.1 Å². The van der Waals surface area contributed by atoms with E-state index >= 15 is 0 Å². The average molecular weight is 274 g/mol. The number of carbonyl (C=O) groups is 1. The lowest BCUT2D eigenvalue weighted by atomic mass is 10.2. The van der Waals surface area contributed by atoms with Crippen LogP contribution in [0.2, 0.25) is 0 Å². The van der Waals surface area contributed by atoms with Gasteiger partial charge in [-0.1, -0.05) is 10.4 Å². The van der Waals surface area contributed by atoms with Crippen LogP contribution in [-0.4, -0.2) is 31.7 Å². The molecule has 3 heterocycles. The van der Waals surface area contributed by atoms with E-state index in [1.54, 1.807) is 19.1 Å². The number of carbonyl (C=O) groups excluding carboxylic acids is 1. The van der Waals surface area contributed by atoms with E-state index in [-0.39, 0.29) is 5.69 Å². The van der Waals surface area contributed by atoms with E-state index in [1.807, 2.05) is 0 Å². The predicted molar refractivity (Wildman–Crippen MR) is 64.3 cm³/mol. The van der Waals surface area contributed by atoms with E-state index in [2.05, 4.69) is 31.1 Å². The van der Waals surface area contributed by atoms with E-state index < -0.39 is 11.9 Å². The van der Waals surface area contributed by atoms with Gasteiger partial charge in [-0.15, -0.1) is 10.2 Å². The van der Waals surface area contributed by atoms with Crippen molar-refractivity contribution in [1.29, 1.82) is 0 Å². The van der Waals surface area contributed by atoms with Crippen LogP contribution in [-0.2, 0) is 0 Å². The lowest BCUT2D eigenvalue weighted by Crippen LogP contribution is -2.27. The van der Waals surface area contributed by atoms with Gasteiger partial charge in [0.1, 0.15) is 0 Å². The lowest BCUT2D eigenvalue weighted by molar-refractivity contribution is 0.0929. The minimum atomic E-state index is -0.399. The van der Waals surface area contributed by atoms with Gasteiger partial charge in [0.25, 0.3) is 5.91 Å². The Hall–Kier alpha value is -2.97. The van der Waals surface area contributed by atoms with E-state index in [1.165, 1.54) is 12.3 Å². The molecular formula is C11H10N6O3. The van der Waals surface area contributed by atoms with Gasteiger partial charge in [0.15, 0.2) is 17.3 Å². The van der Waals surface area contributed by atoms with Crippen LogP contribution in [0.4, 0.5) is 0 Å². The Balaban J connectivity index is 1.72. The molecule has 0 aromatic carbocycles. The Morgan fingerprint density at radius 2 is 2.35 bits per heavy atom. The number of hydrogen-bond acceptors (Lipinski definition) is 7. The Bertz CT molecular complexity index is 688. The summed E-state index contributed by atoms with van der Waals surface area (Å²) in [6.07, 6.45) is 1.51. The fourth-order valence-corrected chi connectivity index (χ4v) is 1.61. The summed E-state index contributed by atoms with van der Waals surface area (Å²) in [5.74, 6) is 0.868. The molecule has 0 spiro atoms. The lowest BCUT2D eigenvalue weighted by Gasteiger charge is -2.07. The molecule has 9 heteroatoms. The van der Waals surface area contributed by atoms with Crippen molar-refractivity contribution in [3.05, 3.63) is 36.0 Å². The molecule has 1 unspecified atom stereocenters. The number of H-pyrrole nitrogens is 1. The van der Waals surface area contributed by atoms with Crippen LogP contribution in [0.1, 0.15) is 29.3 Å². The zero-order valence-electron chi connectivity index (χ0n) is 10.4. The molecule has 0 saturated heterocycles. The second kappa shape index (κ2) is 4.96. The molecule has 0 saturated carbocycles. The fourth-order valence-electron chi connectivity index (χ4n) is 1.61. The highest BCUT2D eigenvalue weighted by atomic mass is 16.5. The van der Waals surface area contributed by atoms with Gasteiger partial charge in [-0.2, -0.15) is 5.21 Å². The first kappa shape index (κ1) is 12.1. The van der Waals surface area contributed by atoms with Crippen LogP contribution in [0.5, 0.6) is 0 Å². The molecule has 0 aliphatic heterocycles. The third kappa shape index (κ3) is 2.28. The van der Waals surface area contributed by atoms with Gasteiger partial charge in [0.2, 0.25) is 5.76 Å². The first-order valence-corrected chi connectivity index (χ1v) is 5.79. The highest BCUT2D eigenvalue weighted by Crippen LogP contribution is 2.20. The zero-order valence-corrected chi connectivity index (χ0v) is 10.4. The summed E-state index contributed by atoms with van der Waals surface area (Å²) in [4.78, 5) is 12.0. The maximum Gasteiger partial charge on any atom is 0.274 e. The minimum Gasteiger partial charge on any atom is -0.461 e. The second-order valence-corrected chi connectivity index (χ2v) is 4.02. The smallest absolute Gasteiger partial charge is 0.274 e. The molecule has 0 aliphatic rings. The van der Waals surface area contributed by atoms with Crippen molar-refractivity contribution in [1.82, 2.24) is 31.1 Å².